The molecular formula is C8H14NO3. The summed E-state index contributed by atoms with van der Waals surface area (Å²) < 4.78 is 5.10. The fourth-order valence-electron chi connectivity index (χ4n) is 1.22. The Morgan fingerprint density at radius 3 is 3.00 bits per heavy atom. The predicted molar refractivity (Wildman–Crippen MR) is 43.1 cm³/mol. The molecular weight excluding hydrogens is 158 g/mol. The van der Waals surface area contributed by atoms with Gasteiger partial charge in [0.25, 0.3) is 0 Å². The Morgan fingerprint density at radius 1 is 1.58 bits per heavy atom. The number of aliphatic hydroxyl groups excluding tert-OH is 1. The van der Waals surface area contributed by atoms with E-state index in [9.17, 15) is 9.90 Å². The molecule has 1 heterocycles. The lowest BCUT2D eigenvalue weighted by Gasteiger charge is -2.22. The monoisotopic (exact) mass is 172 g/mol. The second kappa shape index (κ2) is 4.42. The molecule has 1 unspecified atom stereocenters. The minimum absolute atomic E-state index is 0.499. The van der Waals surface area contributed by atoms with Crippen LogP contribution in [-0.2, 0) is 9.53 Å². The molecule has 1 amide bonds. The SMILES string of the molecule is NC(=O)C1OCCCC[CH][C@@H]1O. The zero-order valence-corrected chi connectivity index (χ0v) is 6.90. The van der Waals surface area contributed by atoms with Crippen LogP contribution in [0.3, 0.4) is 0 Å². The van der Waals surface area contributed by atoms with E-state index in [1.165, 1.54) is 0 Å². The highest BCUT2D eigenvalue weighted by Gasteiger charge is 2.26. The van der Waals surface area contributed by atoms with E-state index < -0.39 is 18.1 Å². The van der Waals surface area contributed by atoms with E-state index in [-0.39, 0.29) is 0 Å². The highest BCUT2D eigenvalue weighted by molar-refractivity contribution is 5.79. The van der Waals surface area contributed by atoms with Gasteiger partial charge in [-0.25, -0.2) is 0 Å². The number of amides is 1. The van der Waals surface area contributed by atoms with Crippen LogP contribution in [0.5, 0.6) is 0 Å². The van der Waals surface area contributed by atoms with Gasteiger partial charge in [-0.15, -0.1) is 0 Å². The van der Waals surface area contributed by atoms with Crippen molar-refractivity contribution in [3.8, 4) is 0 Å². The molecule has 0 aromatic carbocycles. The maximum absolute atomic E-state index is 10.7. The first-order valence-corrected chi connectivity index (χ1v) is 4.14. The van der Waals surface area contributed by atoms with E-state index in [0.717, 1.165) is 19.3 Å². The van der Waals surface area contributed by atoms with Crippen molar-refractivity contribution in [1.29, 1.82) is 0 Å². The lowest BCUT2D eigenvalue weighted by molar-refractivity contribution is -0.136. The second-order valence-corrected chi connectivity index (χ2v) is 2.92. The van der Waals surface area contributed by atoms with Crippen LogP contribution in [0.4, 0.5) is 0 Å². The van der Waals surface area contributed by atoms with E-state index in [1.54, 1.807) is 6.42 Å². The number of primary amides is 1. The number of ether oxygens (including phenoxy) is 1. The number of aliphatic hydroxyl groups is 1. The summed E-state index contributed by atoms with van der Waals surface area (Å²) >= 11 is 0. The van der Waals surface area contributed by atoms with Crippen molar-refractivity contribution >= 4 is 5.91 Å². The van der Waals surface area contributed by atoms with Gasteiger partial charge in [0.15, 0.2) is 6.10 Å². The first kappa shape index (κ1) is 9.48. The molecule has 12 heavy (non-hydrogen) atoms. The Hall–Kier alpha value is -0.610. The number of hydrogen-bond donors (Lipinski definition) is 2. The summed E-state index contributed by atoms with van der Waals surface area (Å²) in [5.74, 6) is -0.597. The van der Waals surface area contributed by atoms with Crippen molar-refractivity contribution < 1.29 is 14.6 Å². The third-order valence-corrected chi connectivity index (χ3v) is 1.89. The van der Waals surface area contributed by atoms with Crippen molar-refractivity contribution in [2.45, 2.75) is 31.5 Å². The zero-order valence-electron chi connectivity index (χ0n) is 6.90. The number of rotatable bonds is 1. The van der Waals surface area contributed by atoms with Gasteiger partial charge < -0.3 is 15.6 Å². The summed E-state index contributed by atoms with van der Waals surface area (Å²) in [7, 11) is 0. The van der Waals surface area contributed by atoms with E-state index in [0.29, 0.717) is 6.61 Å². The second-order valence-electron chi connectivity index (χ2n) is 2.92. The molecule has 4 heteroatoms. The third kappa shape index (κ3) is 2.46. The minimum atomic E-state index is -0.856. The van der Waals surface area contributed by atoms with Crippen LogP contribution in [-0.4, -0.2) is 29.8 Å². The van der Waals surface area contributed by atoms with Crippen molar-refractivity contribution in [2.75, 3.05) is 6.61 Å². The van der Waals surface area contributed by atoms with E-state index in [1.807, 2.05) is 0 Å². The van der Waals surface area contributed by atoms with Crippen LogP contribution in [0, 0.1) is 6.42 Å². The van der Waals surface area contributed by atoms with Crippen molar-refractivity contribution in [3.05, 3.63) is 6.42 Å². The summed E-state index contributed by atoms with van der Waals surface area (Å²) in [4.78, 5) is 10.7. The molecule has 1 aliphatic heterocycles. The highest BCUT2D eigenvalue weighted by Crippen LogP contribution is 2.12. The van der Waals surface area contributed by atoms with Crippen LogP contribution < -0.4 is 5.73 Å². The molecule has 1 aliphatic rings. The van der Waals surface area contributed by atoms with E-state index >= 15 is 0 Å². The summed E-state index contributed by atoms with van der Waals surface area (Å²) in [6, 6.07) is 0. The van der Waals surface area contributed by atoms with Crippen LogP contribution in [0.1, 0.15) is 19.3 Å². The van der Waals surface area contributed by atoms with Gasteiger partial charge in [-0.3, -0.25) is 4.79 Å². The minimum Gasteiger partial charge on any atom is -0.390 e. The molecule has 0 spiro atoms. The Labute approximate surface area is 71.7 Å². The molecule has 69 valence electrons. The van der Waals surface area contributed by atoms with Gasteiger partial charge in [0, 0.05) is 6.61 Å². The van der Waals surface area contributed by atoms with Crippen LogP contribution in [0.2, 0.25) is 0 Å². The van der Waals surface area contributed by atoms with Gasteiger partial charge in [-0.1, -0.05) is 6.42 Å². The van der Waals surface area contributed by atoms with E-state index in [2.05, 4.69) is 0 Å². The van der Waals surface area contributed by atoms with Gasteiger partial charge >= 0.3 is 0 Å². The Morgan fingerprint density at radius 2 is 2.33 bits per heavy atom. The Balaban J connectivity index is 2.48. The van der Waals surface area contributed by atoms with Crippen LogP contribution >= 0.6 is 0 Å². The Kier molecular flexibility index (Phi) is 3.49. The zero-order chi connectivity index (χ0) is 8.97. The van der Waals surface area contributed by atoms with Gasteiger partial charge in [0.05, 0.1) is 6.10 Å². The number of hydrogen-bond acceptors (Lipinski definition) is 3. The van der Waals surface area contributed by atoms with Gasteiger partial charge in [0.2, 0.25) is 5.91 Å². The maximum Gasteiger partial charge on any atom is 0.249 e. The summed E-state index contributed by atoms with van der Waals surface area (Å²) in [5.41, 5.74) is 5.03. The van der Waals surface area contributed by atoms with Gasteiger partial charge in [0.1, 0.15) is 0 Å². The molecule has 2 atom stereocenters. The topological polar surface area (TPSA) is 72.6 Å². The molecule has 3 N–H and O–H groups in total. The molecule has 0 aromatic heterocycles. The molecule has 4 nitrogen and oxygen atoms in total. The van der Waals surface area contributed by atoms with Gasteiger partial charge in [-0.05, 0) is 19.3 Å². The van der Waals surface area contributed by atoms with Crippen LogP contribution in [0.15, 0.2) is 0 Å². The summed E-state index contributed by atoms with van der Waals surface area (Å²) in [6.45, 7) is 0.499. The molecule has 1 saturated heterocycles. The molecule has 0 aromatic rings. The molecule has 1 rings (SSSR count). The normalized spacial score (nSPS) is 32.1. The number of carbonyl (C=O) groups excluding carboxylic acids is 1. The summed E-state index contributed by atoms with van der Waals surface area (Å²) in [5, 5.41) is 9.36. The third-order valence-electron chi connectivity index (χ3n) is 1.89. The number of carbonyl (C=O) groups is 1. The van der Waals surface area contributed by atoms with Crippen molar-refractivity contribution in [3.63, 3.8) is 0 Å². The smallest absolute Gasteiger partial charge is 0.249 e. The molecule has 1 radical (unpaired) electrons. The number of nitrogens with two attached hydrogens (primary N) is 1. The van der Waals surface area contributed by atoms with Crippen molar-refractivity contribution in [1.82, 2.24) is 0 Å². The maximum atomic E-state index is 10.7. The average molecular weight is 172 g/mol. The lowest BCUT2D eigenvalue weighted by Crippen LogP contribution is -2.42. The Bertz CT molecular complexity index is 160. The van der Waals surface area contributed by atoms with Gasteiger partial charge in [-0.2, -0.15) is 0 Å². The molecule has 1 fully saturated rings. The van der Waals surface area contributed by atoms with E-state index in [4.69, 9.17) is 10.5 Å². The van der Waals surface area contributed by atoms with Crippen molar-refractivity contribution in [2.24, 2.45) is 5.73 Å². The standard InChI is InChI=1S/C8H14NO3/c9-8(11)7-6(10)4-2-1-3-5-12-7/h4,6-7,10H,1-3,5H2,(H2,9,11)/t6-,7?/m0/s1. The first-order valence-electron chi connectivity index (χ1n) is 4.14. The fourth-order valence-corrected chi connectivity index (χ4v) is 1.22. The molecule has 0 saturated carbocycles. The molecule has 0 aliphatic carbocycles. The highest BCUT2D eigenvalue weighted by atomic mass is 16.5. The quantitative estimate of drug-likeness (QED) is 0.565. The largest absolute Gasteiger partial charge is 0.390 e. The average Bonchev–Trinajstić information content (AvgIpc) is 1.96. The molecule has 0 bridgehead atoms. The predicted octanol–water partition coefficient (Wildman–Crippen LogP) is -0.394. The fraction of sp³-hybridized carbons (Fsp3) is 0.750. The lowest BCUT2D eigenvalue weighted by atomic mass is 10.0. The van der Waals surface area contributed by atoms with Crippen LogP contribution in [0.25, 0.3) is 0 Å². The first-order chi connectivity index (χ1) is 5.72. The summed E-state index contributed by atoms with van der Waals surface area (Å²) in [6.07, 6.45) is 2.69.